The molecule has 0 saturated heterocycles. The third kappa shape index (κ3) is 2.37. The Kier molecular flexibility index (Phi) is 3.05. The zero-order chi connectivity index (χ0) is 13.2. The van der Waals surface area contributed by atoms with Gasteiger partial charge in [0.1, 0.15) is 0 Å². The van der Waals surface area contributed by atoms with E-state index in [0.29, 0.717) is 11.5 Å². The van der Waals surface area contributed by atoms with Gasteiger partial charge in [-0.15, -0.1) is 0 Å². The van der Waals surface area contributed by atoms with Gasteiger partial charge < -0.3 is 11.1 Å². The number of hydrogen-bond acceptors (Lipinski definition) is 4. The lowest BCUT2D eigenvalue weighted by atomic mass is 10.1. The van der Waals surface area contributed by atoms with Crippen molar-refractivity contribution in [2.45, 2.75) is 0 Å². The van der Waals surface area contributed by atoms with E-state index in [-0.39, 0.29) is 0 Å². The van der Waals surface area contributed by atoms with Crippen LogP contribution in [0.4, 0.5) is 17.2 Å². The second-order valence-corrected chi connectivity index (χ2v) is 5.03. The van der Waals surface area contributed by atoms with Crippen LogP contribution < -0.4 is 11.1 Å². The number of nitrogens with zero attached hydrogens (tertiary/aromatic N) is 2. The molecule has 5 heteroatoms. The average Bonchev–Trinajstić information content (AvgIpc) is 2.42. The number of fused-ring (bicyclic) bond motifs is 1. The Morgan fingerprint density at radius 3 is 2.89 bits per heavy atom. The van der Waals surface area contributed by atoms with E-state index in [9.17, 15) is 0 Å². The molecule has 0 amide bonds. The Balaban J connectivity index is 2.06. The summed E-state index contributed by atoms with van der Waals surface area (Å²) in [5, 5.41) is 5.41. The summed E-state index contributed by atoms with van der Waals surface area (Å²) < 4.78 is 0.859. The van der Waals surface area contributed by atoms with Crippen molar-refractivity contribution in [3.63, 3.8) is 0 Å². The maximum absolute atomic E-state index is 5.95. The lowest BCUT2D eigenvalue weighted by Crippen LogP contribution is -1.99. The van der Waals surface area contributed by atoms with E-state index in [0.717, 1.165) is 20.9 Å². The highest BCUT2D eigenvalue weighted by atomic mass is 79.9. The quantitative estimate of drug-likeness (QED) is 0.756. The van der Waals surface area contributed by atoms with Crippen molar-refractivity contribution in [3.05, 3.63) is 53.4 Å². The van der Waals surface area contributed by atoms with Gasteiger partial charge in [-0.05, 0) is 34.1 Å². The summed E-state index contributed by atoms with van der Waals surface area (Å²) >= 11 is 3.34. The Morgan fingerprint density at radius 1 is 1.16 bits per heavy atom. The second kappa shape index (κ2) is 4.85. The number of nitrogens with two attached hydrogens (primary N) is 1. The van der Waals surface area contributed by atoms with Crippen molar-refractivity contribution in [1.82, 2.24) is 9.97 Å². The SMILES string of the molecule is Nc1cc(Br)cnc1Nc1cccc2cnccc12. The summed E-state index contributed by atoms with van der Waals surface area (Å²) in [4.78, 5) is 8.40. The minimum Gasteiger partial charge on any atom is -0.396 e. The fourth-order valence-electron chi connectivity index (χ4n) is 1.92. The molecule has 0 atom stereocenters. The normalized spacial score (nSPS) is 10.6. The molecule has 0 bridgehead atoms. The molecule has 3 aromatic rings. The van der Waals surface area contributed by atoms with E-state index >= 15 is 0 Å². The summed E-state index contributed by atoms with van der Waals surface area (Å²) in [6.45, 7) is 0. The zero-order valence-electron chi connectivity index (χ0n) is 9.97. The molecular weight excluding hydrogens is 304 g/mol. The van der Waals surface area contributed by atoms with Crippen LogP contribution in [-0.2, 0) is 0 Å². The Hall–Kier alpha value is -2.14. The van der Waals surface area contributed by atoms with Gasteiger partial charge in [0.15, 0.2) is 5.82 Å². The van der Waals surface area contributed by atoms with Crippen LogP contribution in [0.3, 0.4) is 0 Å². The fourth-order valence-corrected chi connectivity index (χ4v) is 2.27. The van der Waals surface area contributed by atoms with Crippen LogP contribution in [0.25, 0.3) is 10.8 Å². The predicted octanol–water partition coefficient (Wildman–Crippen LogP) is 3.72. The molecule has 2 aromatic heterocycles. The van der Waals surface area contributed by atoms with Crippen LogP contribution in [0.5, 0.6) is 0 Å². The lowest BCUT2D eigenvalue weighted by molar-refractivity contribution is 1.30. The smallest absolute Gasteiger partial charge is 0.153 e. The monoisotopic (exact) mass is 314 g/mol. The number of benzene rings is 1. The molecule has 0 fully saturated rings. The highest BCUT2D eigenvalue weighted by Crippen LogP contribution is 2.28. The standard InChI is InChI=1S/C14H11BrN4/c15-10-6-12(16)14(18-8-10)19-13-3-1-2-9-7-17-5-4-11(9)13/h1-8H,16H2,(H,18,19). The van der Waals surface area contributed by atoms with Gasteiger partial charge in [-0.25, -0.2) is 4.98 Å². The van der Waals surface area contributed by atoms with E-state index in [1.54, 1.807) is 12.4 Å². The molecule has 4 nitrogen and oxygen atoms in total. The van der Waals surface area contributed by atoms with E-state index in [1.165, 1.54) is 0 Å². The van der Waals surface area contributed by atoms with Crippen molar-refractivity contribution in [2.75, 3.05) is 11.1 Å². The summed E-state index contributed by atoms with van der Waals surface area (Å²) in [6.07, 6.45) is 5.32. The first-order valence-corrected chi connectivity index (χ1v) is 6.54. The first-order valence-electron chi connectivity index (χ1n) is 5.75. The van der Waals surface area contributed by atoms with Gasteiger partial charge in [0.25, 0.3) is 0 Å². The second-order valence-electron chi connectivity index (χ2n) is 4.12. The topological polar surface area (TPSA) is 63.8 Å². The van der Waals surface area contributed by atoms with E-state index in [2.05, 4.69) is 31.2 Å². The molecule has 1 aromatic carbocycles. The van der Waals surface area contributed by atoms with Crippen LogP contribution in [0.2, 0.25) is 0 Å². The van der Waals surface area contributed by atoms with Crippen molar-refractivity contribution in [2.24, 2.45) is 0 Å². The molecule has 0 saturated carbocycles. The van der Waals surface area contributed by atoms with Crippen molar-refractivity contribution in [1.29, 1.82) is 0 Å². The molecule has 0 aliphatic carbocycles. The molecule has 0 unspecified atom stereocenters. The first-order chi connectivity index (χ1) is 9.24. The molecule has 3 rings (SSSR count). The van der Waals surface area contributed by atoms with Gasteiger partial charge in [-0.2, -0.15) is 0 Å². The van der Waals surface area contributed by atoms with Crippen LogP contribution in [0.1, 0.15) is 0 Å². The number of anilines is 3. The van der Waals surface area contributed by atoms with Crippen molar-refractivity contribution < 1.29 is 0 Å². The molecule has 19 heavy (non-hydrogen) atoms. The molecule has 0 aliphatic heterocycles. The molecule has 0 aliphatic rings. The first kappa shape index (κ1) is 11.9. The zero-order valence-corrected chi connectivity index (χ0v) is 11.6. The van der Waals surface area contributed by atoms with Crippen LogP contribution >= 0.6 is 15.9 Å². The highest BCUT2D eigenvalue weighted by Gasteiger charge is 2.05. The van der Waals surface area contributed by atoms with E-state index in [1.807, 2.05) is 36.5 Å². The summed E-state index contributed by atoms with van der Waals surface area (Å²) in [7, 11) is 0. The number of halogens is 1. The third-order valence-corrected chi connectivity index (χ3v) is 3.25. The lowest BCUT2D eigenvalue weighted by Gasteiger charge is -2.10. The maximum Gasteiger partial charge on any atom is 0.153 e. The number of hydrogen-bond donors (Lipinski definition) is 2. The summed E-state index contributed by atoms with van der Waals surface area (Å²) in [5.74, 6) is 0.646. The summed E-state index contributed by atoms with van der Waals surface area (Å²) in [5.41, 5.74) is 7.50. The van der Waals surface area contributed by atoms with E-state index < -0.39 is 0 Å². The number of pyridine rings is 2. The van der Waals surface area contributed by atoms with Gasteiger partial charge in [-0.3, -0.25) is 4.98 Å². The largest absolute Gasteiger partial charge is 0.396 e. The van der Waals surface area contributed by atoms with E-state index in [4.69, 9.17) is 5.73 Å². The summed E-state index contributed by atoms with van der Waals surface area (Å²) in [6, 6.07) is 9.77. The molecular formula is C14H11BrN4. The molecule has 2 heterocycles. The van der Waals surface area contributed by atoms with Crippen LogP contribution in [0, 0.1) is 0 Å². The minimum atomic E-state index is 0.598. The molecule has 0 radical (unpaired) electrons. The van der Waals surface area contributed by atoms with Crippen LogP contribution in [0.15, 0.2) is 53.4 Å². The number of rotatable bonds is 2. The fraction of sp³-hybridized carbons (Fsp3) is 0. The van der Waals surface area contributed by atoms with Crippen molar-refractivity contribution >= 4 is 43.9 Å². The molecule has 3 N–H and O–H groups in total. The van der Waals surface area contributed by atoms with Gasteiger partial charge >= 0.3 is 0 Å². The molecule has 0 spiro atoms. The highest BCUT2D eigenvalue weighted by molar-refractivity contribution is 9.10. The number of aromatic nitrogens is 2. The van der Waals surface area contributed by atoms with Gasteiger partial charge in [0.2, 0.25) is 0 Å². The van der Waals surface area contributed by atoms with Crippen molar-refractivity contribution in [3.8, 4) is 0 Å². The van der Waals surface area contributed by atoms with Gasteiger partial charge in [0, 0.05) is 39.5 Å². The van der Waals surface area contributed by atoms with Crippen LogP contribution in [-0.4, -0.2) is 9.97 Å². The Morgan fingerprint density at radius 2 is 2.05 bits per heavy atom. The molecule has 94 valence electrons. The minimum absolute atomic E-state index is 0.598. The maximum atomic E-state index is 5.95. The number of nitrogens with one attached hydrogen (secondary N) is 1. The Labute approximate surface area is 118 Å². The number of nitrogen functional groups attached to an aromatic ring is 1. The third-order valence-electron chi connectivity index (χ3n) is 2.82. The van der Waals surface area contributed by atoms with Gasteiger partial charge in [-0.1, -0.05) is 12.1 Å². The van der Waals surface area contributed by atoms with Gasteiger partial charge in [0.05, 0.1) is 5.69 Å². The predicted molar refractivity (Wildman–Crippen MR) is 81.4 cm³/mol. The average molecular weight is 315 g/mol. The Bertz CT molecular complexity index is 737.